The molecule has 0 spiro atoms. The molecule has 2 heterocycles. The van der Waals surface area contributed by atoms with Crippen molar-refractivity contribution < 1.29 is 14.5 Å². The molecule has 0 aliphatic carbocycles. The number of ether oxygens (including phenoxy) is 1. The second-order valence-corrected chi connectivity index (χ2v) is 7.24. The van der Waals surface area contributed by atoms with Gasteiger partial charge in [-0.3, -0.25) is 14.9 Å². The molecule has 1 N–H and O–H groups in total. The first-order chi connectivity index (χ1) is 12.5. The Balaban J connectivity index is 1.62. The van der Waals surface area contributed by atoms with Crippen molar-refractivity contribution in [2.75, 3.05) is 24.6 Å². The summed E-state index contributed by atoms with van der Waals surface area (Å²) in [6.45, 7) is 4.44. The van der Waals surface area contributed by atoms with Gasteiger partial charge in [0.2, 0.25) is 0 Å². The highest BCUT2D eigenvalue weighted by molar-refractivity contribution is 5.96. The lowest BCUT2D eigenvalue weighted by atomic mass is 10.1. The summed E-state index contributed by atoms with van der Waals surface area (Å²) >= 11 is 0. The van der Waals surface area contributed by atoms with Crippen LogP contribution in [0.2, 0.25) is 0 Å². The number of nitro groups is 1. The Morgan fingerprint density at radius 3 is 2.81 bits per heavy atom. The van der Waals surface area contributed by atoms with E-state index in [2.05, 4.69) is 5.32 Å². The van der Waals surface area contributed by atoms with Gasteiger partial charge in [-0.2, -0.15) is 0 Å². The molecule has 1 amide bonds. The number of carbonyl (C=O) groups is 1. The van der Waals surface area contributed by atoms with E-state index in [4.69, 9.17) is 4.74 Å². The summed E-state index contributed by atoms with van der Waals surface area (Å²) in [5.41, 5.74) is 0.950. The van der Waals surface area contributed by atoms with Crippen LogP contribution in [0.1, 0.15) is 55.8 Å². The summed E-state index contributed by atoms with van der Waals surface area (Å²) < 4.78 is 5.60. The molecule has 0 radical (unpaired) electrons. The fraction of sp³-hybridized carbons (Fsp3) is 0.632. The van der Waals surface area contributed by atoms with E-state index in [0.717, 1.165) is 58.2 Å². The Bertz CT molecular complexity index is 652. The zero-order chi connectivity index (χ0) is 18.5. The van der Waals surface area contributed by atoms with Crippen molar-refractivity contribution in [3.05, 3.63) is 33.9 Å². The van der Waals surface area contributed by atoms with Crippen LogP contribution in [-0.4, -0.2) is 42.7 Å². The van der Waals surface area contributed by atoms with E-state index in [1.54, 1.807) is 12.1 Å². The first kappa shape index (κ1) is 18.6. The van der Waals surface area contributed by atoms with Gasteiger partial charge >= 0.3 is 0 Å². The highest BCUT2D eigenvalue weighted by Crippen LogP contribution is 2.31. The van der Waals surface area contributed by atoms with Gasteiger partial charge in [0.1, 0.15) is 5.69 Å². The number of hydrogen-bond donors (Lipinski definition) is 1. The molecule has 2 unspecified atom stereocenters. The van der Waals surface area contributed by atoms with E-state index in [-0.39, 0.29) is 17.6 Å². The summed E-state index contributed by atoms with van der Waals surface area (Å²) in [7, 11) is 0. The van der Waals surface area contributed by atoms with Gasteiger partial charge in [0, 0.05) is 37.4 Å². The van der Waals surface area contributed by atoms with E-state index in [9.17, 15) is 14.9 Å². The average molecular weight is 361 g/mol. The lowest BCUT2D eigenvalue weighted by Gasteiger charge is -2.19. The Kier molecular flexibility index (Phi) is 6.08. The lowest BCUT2D eigenvalue weighted by molar-refractivity contribution is -0.384. The lowest BCUT2D eigenvalue weighted by Crippen LogP contribution is -2.33. The summed E-state index contributed by atoms with van der Waals surface area (Å²) in [4.78, 5) is 25.6. The molecular formula is C19H27N3O4. The minimum absolute atomic E-state index is 0.00372. The molecule has 2 aliphatic rings. The van der Waals surface area contributed by atoms with Crippen LogP contribution in [0.3, 0.4) is 0 Å². The van der Waals surface area contributed by atoms with E-state index in [0.29, 0.717) is 17.4 Å². The Labute approximate surface area is 153 Å². The number of nitrogens with one attached hydrogen (secondary N) is 1. The largest absolute Gasteiger partial charge is 0.378 e. The maximum atomic E-state index is 12.5. The monoisotopic (exact) mass is 361 g/mol. The van der Waals surface area contributed by atoms with Crippen LogP contribution < -0.4 is 10.2 Å². The van der Waals surface area contributed by atoms with Crippen molar-refractivity contribution in [3.8, 4) is 0 Å². The molecule has 0 aromatic heterocycles. The van der Waals surface area contributed by atoms with Crippen molar-refractivity contribution in [3.63, 3.8) is 0 Å². The maximum absolute atomic E-state index is 12.5. The number of anilines is 1. The molecule has 2 atom stereocenters. The molecule has 2 fully saturated rings. The summed E-state index contributed by atoms with van der Waals surface area (Å²) in [6, 6.07) is 4.79. The fourth-order valence-corrected chi connectivity index (χ4v) is 3.72. The average Bonchev–Trinajstić information content (AvgIpc) is 3.33. The molecule has 2 aliphatic heterocycles. The Morgan fingerprint density at radius 2 is 2.15 bits per heavy atom. The molecule has 7 nitrogen and oxygen atoms in total. The Morgan fingerprint density at radius 1 is 1.38 bits per heavy atom. The third kappa shape index (κ3) is 4.52. The van der Waals surface area contributed by atoms with Gasteiger partial charge < -0.3 is 15.0 Å². The van der Waals surface area contributed by atoms with Gasteiger partial charge in [0.25, 0.3) is 11.6 Å². The quantitative estimate of drug-likeness (QED) is 0.595. The SMILES string of the molecule is CC(CCC1CCCO1)NC(=O)c1ccc(N2CCCC2)c([N+](=O)[O-])c1. The first-order valence-electron chi connectivity index (χ1n) is 9.50. The molecule has 26 heavy (non-hydrogen) atoms. The molecular weight excluding hydrogens is 334 g/mol. The van der Waals surface area contributed by atoms with Gasteiger partial charge in [-0.15, -0.1) is 0 Å². The molecule has 3 rings (SSSR count). The number of amides is 1. The van der Waals surface area contributed by atoms with E-state index in [1.165, 1.54) is 6.07 Å². The molecule has 0 saturated carbocycles. The predicted octanol–water partition coefficient (Wildman–Crippen LogP) is 3.27. The molecule has 2 saturated heterocycles. The normalized spacial score (nSPS) is 21.0. The van der Waals surface area contributed by atoms with Gasteiger partial charge in [0.15, 0.2) is 0 Å². The predicted molar refractivity (Wildman–Crippen MR) is 99.7 cm³/mol. The van der Waals surface area contributed by atoms with Crippen molar-refractivity contribution >= 4 is 17.3 Å². The van der Waals surface area contributed by atoms with Crippen LogP contribution in [0.15, 0.2) is 18.2 Å². The molecule has 0 bridgehead atoms. The van der Waals surface area contributed by atoms with Crippen LogP contribution in [0.25, 0.3) is 0 Å². The van der Waals surface area contributed by atoms with Crippen LogP contribution in [0.4, 0.5) is 11.4 Å². The van der Waals surface area contributed by atoms with Gasteiger partial charge in [-0.25, -0.2) is 0 Å². The first-order valence-corrected chi connectivity index (χ1v) is 9.50. The topological polar surface area (TPSA) is 84.7 Å². The highest BCUT2D eigenvalue weighted by atomic mass is 16.6. The number of nitro benzene ring substituents is 1. The van der Waals surface area contributed by atoms with E-state index < -0.39 is 4.92 Å². The Hall–Kier alpha value is -2.15. The number of rotatable bonds is 7. The van der Waals surface area contributed by atoms with Crippen LogP contribution >= 0.6 is 0 Å². The van der Waals surface area contributed by atoms with Gasteiger partial charge in [-0.1, -0.05) is 0 Å². The minimum Gasteiger partial charge on any atom is -0.378 e. The van der Waals surface area contributed by atoms with Crippen molar-refractivity contribution in [2.45, 2.75) is 57.6 Å². The number of hydrogen-bond acceptors (Lipinski definition) is 5. The van der Waals surface area contributed by atoms with Crippen molar-refractivity contribution in [1.82, 2.24) is 5.32 Å². The zero-order valence-corrected chi connectivity index (χ0v) is 15.3. The number of carbonyl (C=O) groups excluding carboxylic acids is 1. The summed E-state index contributed by atoms with van der Waals surface area (Å²) in [5.74, 6) is -0.263. The van der Waals surface area contributed by atoms with E-state index in [1.807, 2.05) is 11.8 Å². The molecule has 1 aromatic rings. The van der Waals surface area contributed by atoms with Crippen molar-refractivity contribution in [1.29, 1.82) is 0 Å². The van der Waals surface area contributed by atoms with Gasteiger partial charge in [-0.05, 0) is 57.6 Å². The summed E-state index contributed by atoms with van der Waals surface area (Å²) in [5, 5.41) is 14.4. The van der Waals surface area contributed by atoms with Crippen LogP contribution in [-0.2, 0) is 4.74 Å². The smallest absolute Gasteiger partial charge is 0.293 e. The third-order valence-corrected chi connectivity index (χ3v) is 5.20. The highest BCUT2D eigenvalue weighted by Gasteiger charge is 2.24. The van der Waals surface area contributed by atoms with Crippen molar-refractivity contribution in [2.24, 2.45) is 0 Å². The van der Waals surface area contributed by atoms with E-state index >= 15 is 0 Å². The van der Waals surface area contributed by atoms with Gasteiger partial charge in [0.05, 0.1) is 11.0 Å². The third-order valence-electron chi connectivity index (χ3n) is 5.20. The molecule has 7 heteroatoms. The molecule has 1 aromatic carbocycles. The zero-order valence-electron chi connectivity index (χ0n) is 15.3. The molecule has 142 valence electrons. The van der Waals surface area contributed by atoms with Crippen LogP contribution in [0, 0.1) is 10.1 Å². The second-order valence-electron chi connectivity index (χ2n) is 7.24. The minimum atomic E-state index is -0.398. The second kappa shape index (κ2) is 8.49. The number of nitrogens with zero attached hydrogens (tertiary/aromatic N) is 2. The number of benzene rings is 1. The van der Waals surface area contributed by atoms with Crippen LogP contribution in [0.5, 0.6) is 0 Å². The standard InChI is InChI=1S/C19H27N3O4/c1-14(6-8-16-5-4-12-26-16)20-19(23)15-7-9-17(18(13-15)22(24)25)21-10-2-3-11-21/h7,9,13-14,16H,2-6,8,10-12H2,1H3,(H,20,23). The summed E-state index contributed by atoms with van der Waals surface area (Å²) in [6.07, 6.45) is 6.35. The fourth-order valence-electron chi connectivity index (χ4n) is 3.72. The maximum Gasteiger partial charge on any atom is 0.293 e.